The second-order valence-electron chi connectivity index (χ2n) is 6.41. The molecule has 146 valence electrons. The molecule has 1 heterocycles. The number of nitrogens with one attached hydrogen (secondary N) is 2. The highest BCUT2D eigenvalue weighted by Crippen LogP contribution is 2.31. The van der Waals surface area contributed by atoms with Gasteiger partial charge in [-0.1, -0.05) is 11.6 Å². The van der Waals surface area contributed by atoms with E-state index in [4.69, 9.17) is 17.3 Å². The second kappa shape index (κ2) is 9.01. The van der Waals surface area contributed by atoms with Crippen molar-refractivity contribution in [1.82, 2.24) is 5.32 Å². The van der Waals surface area contributed by atoms with E-state index < -0.39 is 11.7 Å². The van der Waals surface area contributed by atoms with Crippen LogP contribution in [-0.2, 0) is 0 Å². The summed E-state index contributed by atoms with van der Waals surface area (Å²) in [5.41, 5.74) is 6.92. The fraction of sp³-hybridized carbons (Fsp3) is 0.333. The minimum Gasteiger partial charge on any atom is -0.350 e. The SMILES string of the molecule is Cc1cc(NC(=O)c2ccc(F)cc2Cl)sc1C(=O)NCC(N)C1CC1.Cl. The lowest BCUT2D eigenvalue weighted by Crippen LogP contribution is -2.38. The van der Waals surface area contributed by atoms with Crippen LogP contribution in [0.1, 0.15) is 38.4 Å². The zero-order valence-corrected chi connectivity index (χ0v) is 16.9. The van der Waals surface area contributed by atoms with Gasteiger partial charge in [0.15, 0.2) is 0 Å². The van der Waals surface area contributed by atoms with Crippen molar-refractivity contribution in [3.63, 3.8) is 0 Å². The molecular weight excluding hydrogens is 412 g/mol. The average molecular weight is 432 g/mol. The average Bonchev–Trinajstić information content (AvgIpc) is 3.36. The van der Waals surface area contributed by atoms with Gasteiger partial charge in [0.1, 0.15) is 5.82 Å². The van der Waals surface area contributed by atoms with Gasteiger partial charge in [0, 0.05) is 12.6 Å². The van der Waals surface area contributed by atoms with E-state index in [9.17, 15) is 14.0 Å². The molecule has 1 unspecified atom stereocenters. The summed E-state index contributed by atoms with van der Waals surface area (Å²) >= 11 is 7.08. The summed E-state index contributed by atoms with van der Waals surface area (Å²) in [5, 5.41) is 6.09. The first-order valence-electron chi connectivity index (χ1n) is 8.25. The van der Waals surface area contributed by atoms with Gasteiger partial charge >= 0.3 is 0 Å². The van der Waals surface area contributed by atoms with E-state index in [2.05, 4.69) is 10.6 Å². The monoisotopic (exact) mass is 431 g/mol. The van der Waals surface area contributed by atoms with Crippen LogP contribution in [-0.4, -0.2) is 24.4 Å². The molecule has 0 bridgehead atoms. The number of amides is 2. The van der Waals surface area contributed by atoms with Crippen molar-refractivity contribution in [3.05, 3.63) is 51.1 Å². The van der Waals surface area contributed by atoms with Gasteiger partial charge in [0.2, 0.25) is 0 Å². The number of benzene rings is 1. The van der Waals surface area contributed by atoms with Crippen molar-refractivity contribution in [1.29, 1.82) is 0 Å². The quantitative estimate of drug-likeness (QED) is 0.646. The largest absolute Gasteiger partial charge is 0.350 e. The van der Waals surface area contributed by atoms with Crippen LogP contribution in [0.2, 0.25) is 5.02 Å². The lowest BCUT2D eigenvalue weighted by Gasteiger charge is -2.11. The summed E-state index contributed by atoms with van der Waals surface area (Å²) < 4.78 is 13.1. The van der Waals surface area contributed by atoms with Crippen molar-refractivity contribution in [3.8, 4) is 0 Å². The van der Waals surface area contributed by atoms with Crippen LogP contribution in [0, 0.1) is 18.7 Å². The Morgan fingerprint density at radius 3 is 2.67 bits per heavy atom. The topological polar surface area (TPSA) is 84.2 Å². The van der Waals surface area contributed by atoms with Gasteiger partial charge < -0.3 is 16.4 Å². The molecule has 5 nitrogen and oxygen atoms in total. The number of carbonyl (C=O) groups excluding carboxylic acids is 2. The maximum atomic E-state index is 13.1. The van der Waals surface area contributed by atoms with Crippen LogP contribution < -0.4 is 16.4 Å². The highest BCUT2D eigenvalue weighted by Gasteiger charge is 2.28. The molecule has 2 aromatic rings. The van der Waals surface area contributed by atoms with Crippen LogP contribution in [0.5, 0.6) is 0 Å². The molecule has 2 amide bonds. The minimum atomic E-state index is -0.512. The van der Waals surface area contributed by atoms with Crippen LogP contribution in [0.3, 0.4) is 0 Å². The van der Waals surface area contributed by atoms with Crippen molar-refractivity contribution in [2.45, 2.75) is 25.8 Å². The Bertz CT molecular complexity index is 855. The molecular formula is C18H20Cl2FN3O2S. The maximum Gasteiger partial charge on any atom is 0.261 e. The number of nitrogens with two attached hydrogens (primary N) is 1. The van der Waals surface area contributed by atoms with E-state index in [1.54, 1.807) is 13.0 Å². The Morgan fingerprint density at radius 1 is 1.33 bits per heavy atom. The molecule has 1 atom stereocenters. The van der Waals surface area contributed by atoms with Gasteiger partial charge in [-0.3, -0.25) is 9.59 Å². The number of hydrogen-bond acceptors (Lipinski definition) is 4. The normalized spacial score (nSPS) is 14.2. The number of carbonyl (C=O) groups is 2. The molecule has 1 aliphatic rings. The molecule has 0 saturated heterocycles. The lowest BCUT2D eigenvalue weighted by molar-refractivity contribution is 0.0952. The summed E-state index contributed by atoms with van der Waals surface area (Å²) in [6.45, 7) is 2.24. The fourth-order valence-corrected chi connectivity index (χ4v) is 3.84. The van der Waals surface area contributed by atoms with Gasteiger partial charge in [-0.2, -0.15) is 0 Å². The van der Waals surface area contributed by atoms with Gasteiger partial charge in [-0.15, -0.1) is 23.7 Å². The van der Waals surface area contributed by atoms with Crippen LogP contribution in [0.15, 0.2) is 24.3 Å². The molecule has 0 radical (unpaired) electrons. The molecule has 3 rings (SSSR count). The van der Waals surface area contributed by atoms with Crippen molar-refractivity contribution in [2.75, 3.05) is 11.9 Å². The first-order valence-corrected chi connectivity index (χ1v) is 9.45. The molecule has 4 N–H and O–H groups in total. The zero-order valence-electron chi connectivity index (χ0n) is 14.6. The predicted molar refractivity (Wildman–Crippen MR) is 109 cm³/mol. The molecule has 9 heteroatoms. The van der Waals surface area contributed by atoms with Crippen molar-refractivity contribution in [2.24, 2.45) is 11.7 Å². The predicted octanol–water partition coefficient (Wildman–Crippen LogP) is 3.99. The Balaban J connectivity index is 0.00000261. The van der Waals surface area contributed by atoms with Gasteiger partial charge in [0.25, 0.3) is 11.8 Å². The lowest BCUT2D eigenvalue weighted by atomic mass is 10.2. The standard InChI is InChI=1S/C18H19ClFN3O2S.ClH/c1-9-6-15(23-17(24)12-5-4-11(20)7-13(12)19)26-16(9)18(25)22-8-14(21)10-2-3-10;/h4-7,10,14H,2-3,8,21H2,1H3,(H,22,25)(H,23,24);1H. The molecule has 0 spiro atoms. The van der Waals surface area contributed by atoms with Crippen molar-refractivity contribution >= 4 is 52.2 Å². The third-order valence-electron chi connectivity index (χ3n) is 4.26. The number of hydrogen-bond donors (Lipinski definition) is 3. The molecule has 1 aliphatic carbocycles. The molecule has 1 aromatic carbocycles. The van der Waals surface area contributed by atoms with Crippen LogP contribution >= 0.6 is 35.3 Å². The van der Waals surface area contributed by atoms with Gasteiger partial charge in [-0.25, -0.2) is 4.39 Å². The highest BCUT2D eigenvalue weighted by atomic mass is 35.5. The zero-order chi connectivity index (χ0) is 18.8. The Labute approximate surface area is 171 Å². The Kier molecular flexibility index (Phi) is 7.22. The van der Waals surface area contributed by atoms with Crippen LogP contribution in [0.25, 0.3) is 0 Å². The summed E-state index contributed by atoms with van der Waals surface area (Å²) in [7, 11) is 0. The Morgan fingerprint density at radius 2 is 2.04 bits per heavy atom. The maximum absolute atomic E-state index is 13.1. The minimum absolute atomic E-state index is 0. The molecule has 0 aliphatic heterocycles. The summed E-state index contributed by atoms with van der Waals surface area (Å²) in [6, 6.07) is 5.27. The molecule has 1 fully saturated rings. The molecule has 27 heavy (non-hydrogen) atoms. The first kappa shape index (κ1) is 21.6. The summed E-state index contributed by atoms with van der Waals surface area (Å²) in [6.07, 6.45) is 2.24. The van der Waals surface area contributed by atoms with E-state index in [0.717, 1.165) is 24.5 Å². The molecule has 1 aromatic heterocycles. The first-order chi connectivity index (χ1) is 12.3. The van der Waals surface area contributed by atoms with E-state index in [1.165, 1.54) is 23.5 Å². The number of rotatable bonds is 6. The van der Waals surface area contributed by atoms with Crippen molar-refractivity contribution < 1.29 is 14.0 Å². The van der Waals surface area contributed by atoms with E-state index in [1.807, 2.05) is 0 Å². The second-order valence-corrected chi connectivity index (χ2v) is 7.87. The smallest absolute Gasteiger partial charge is 0.261 e. The van der Waals surface area contributed by atoms with Gasteiger partial charge in [0.05, 0.1) is 20.5 Å². The van der Waals surface area contributed by atoms with Crippen LogP contribution in [0.4, 0.5) is 9.39 Å². The number of thiophene rings is 1. The number of halogens is 3. The highest BCUT2D eigenvalue weighted by molar-refractivity contribution is 7.18. The number of anilines is 1. The van der Waals surface area contributed by atoms with E-state index in [0.29, 0.717) is 22.3 Å². The van der Waals surface area contributed by atoms with E-state index >= 15 is 0 Å². The third-order valence-corrected chi connectivity index (χ3v) is 5.73. The fourth-order valence-electron chi connectivity index (χ4n) is 2.60. The Hall–Kier alpha value is -1.67. The molecule has 1 saturated carbocycles. The third kappa shape index (κ3) is 5.42. The number of aryl methyl sites for hydroxylation is 1. The van der Waals surface area contributed by atoms with Gasteiger partial charge in [-0.05, 0) is 55.5 Å². The summed E-state index contributed by atoms with van der Waals surface area (Å²) in [4.78, 5) is 25.2. The summed E-state index contributed by atoms with van der Waals surface area (Å²) in [5.74, 6) is -0.667. The van der Waals surface area contributed by atoms with E-state index in [-0.39, 0.29) is 34.9 Å².